The van der Waals surface area contributed by atoms with E-state index < -0.39 is 5.82 Å². The van der Waals surface area contributed by atoms with E-state index in [0.29, 0.717) is 31.6 Å². The lowest BCUT2D eigenvalue weighted by Gasteiger charge is -2.22. The molecule has 0 saturated carbocycles. The fraction of sp³-hybridized carbons (Fsp3) is 0.533. The van der Waals surface area contributed by atoms with Gasteiger partial charge in [-0.1, -0.05) is 13.0 Å². The van der Waals surface area contributed by atoms with Gasteiger partial charge in [-0.15, -0.1) is 0 Å². The quantitative estimate of drug-likeness (QED) is 0.770. The van der Waals surface area contributed by atoms with E-state index in [2.05, 4.69) is 5.32 Å². The maximum atomic E-state index is 13.9. The van der Waals surface area contributed by atoms with Gasteiger partial charge in [0.25, 0.3) is 5.91 Å². The molecule has 0 heterocycles. The molecule has 0 unspecified atom stereocenters. The van der Waals surface area contributed by atoms with Gasteiger partial charge in [0, 0.05) is 26.2 Å². The Morgan fingerprint density at radius 3 is 2.75 bits per heavy atom. The average molecular weight is 282 g/mol. The van der Waals surface area contributed by atoms with Gasteiger partial charge in [0.15, 0.2) is 0 Å². The molecule has 0 radical (unpaired) electrons. The van der Waals surface area contributed by atoms with Gasteiger partial charge in [0.2, 0.25) is 0 Å². The Kier molecular flexibility index (Phi) is 7.01. The fourth-order valence-electron chi connectivity index (χ4n) is 1.97. The van der Waals surface area contributed by atoms with Gasteiger partial charge < -0.3 is 15.3 Å². The summed E-state index contributed by atoms with van der Waals surface area (Å²) in [6.45, 7) is 5.50. The van der Waals surface area contributed by atoms with Crippen LogP contribution in [-0.4, -0.2) is 42.2 Å². The molecule has 0 fully saturated rings. The van der Waals surface area contributed by atoms with Crippen molar-refractivity contribution in [1.29, 1.82) is 0 Å². The molecule has 5 heteroatoms. The van der Waals surface area contributed by atoms with Crippen LogP contribution in [0.3, 0.4) is 0 Å². The van der Waals surface area contributed by atoms with Crippen molar-refractivity contribution >= 4 is 11.6 Å². The normalized spacial score (nSPS) is 10.4. The molecule has 0 aliphatic rings. The van der Waals surface area contributed by atoms with Gasteiger partial charge >= 0.3 is 0 Å². The van der Waals surface area contributed by atoms with E-state index >= 15 is 0 Å². The van der Waals surface area contributed by atoms with Gasteiger partial charge in [-0.2, -0.15) is 0 Å². The zero-order chi connectivity index (χ0) is 15.0. The second-order valence-corrected chi connectivity index (χ2v) is 4.55. The standard InChI is InChI=1S/C15H23FN2O2/c1-3-9-17-14-12(7-5-8-13(14)16)15(20)18(4-2)10-6-11-19/h5,7-8,17,19H,3-4,6,9-11H2,1-2H3. The second-order valence-electron chi connectivity index (χ2n) is 4.55. The van der Waals surface area contributed by atoms with E-state index in [1.54, 1.807) is 17.0 Å². The van der Waals surface area contributed by atoms with Gasteiger partial charge in [-0.05, 0) is 31.9 Å². The summed E-state index contributed by atoms with van der Waals surface area (Å²) in [5.74, 6) is -0.624. The predicted octanol–water partition coefficient (Wildman–Crippen LogP) is 2.49. The first kappa shape index (κ1) is 16.4. The van der Waals surface area contributed by atoms with Gasteiger partial charge in [-0.25, -0.2) is 4.39 Å². The summed E-state index contributed by atoms with van der Waals surface area (Å²) in [5, 5.41) is 11.8. The van der Waals surface area contributed by atoms with Crippen molar-refractivity contribution in [3.63, 3.8) is 0 Å². The molecular formula is C15H23FN2O2. The van der Waals surface area contributed by atoms with E-state index in [4.69, 9.17) is 5.11 Å². The topological polar surface area (TPSA) is 52.6 Å². The van der Waals surface area contributed by atoms with Crippen LogP contribution in [0.25, 0.3) is 0 Å². The van der Waals surface area contributed by atoms with Crippen LogP contribution in [0.5, 0.6) is 0 Å². The number of nitrogens with one attached hydrogen (secondary N) is 1. The summed E-state index contributed by atoms with van der Waals surface area (Å²) in [5.41, 5.74) is 0.611. The van der Waals surface area contributed by atoms with Crippen LogP contribution in [0.15, 0.2) is 18.2 Å². The molecule has 0 spiro atoms. The van der Waals surface area contributed by atoms with Crippen molar-refractivity contribution in [2.45, 2.75) is 26.7 Å². The smallest absolute Gasteiger partial charge is 0.256 e. The minimum Gasteiger partial charge on any atom is -0.396 e. The molecule has 1 aromatic rings. The zero-order valence-corrected chi connectivity index (χ0v) is 12.2. The Balaban J connectivity index is 2.98. The Morgan fingerprint density at radius 1 is 1.40 bits per heavy atom. The number of nitrogens with zero attached hydrogens (tertiary/aromatic N) is 1. The van der Waals surface area contributed by atoms with Crippen molar-refractivity contribution in [1.82, 2.24) is 4.90 Å². The minimum absolute atomic E-state index is 0.0356. The molecule has 0 bridgehead atoms. The highest BCUT2D eigenvalue weighted by Crippen LogP contribution is 2.21. The molecule has 20 heavy (non-hydrogen) atoms. The number of benzene rings is 1. The number of hydrogen-bond acceptors (Lipinski definition) is 3. The lowest BCUT2D eigenvalue weighted by atomic mass is 10.1. The number of para-hydroxylation sites is 1. The molecule has 4 nitrogen and oxygen atoms in total. The molecule has 0 saturated heterocycles. The van der Waals surface area contributed by atoms with Crippen LogP contribution in [0.1, 0.15) is 37.0 Å². The van der Waals surface area contributed by atoms with Crippen LogP contribution in [0.4, 0.5) is 10.1 Å². The van der Waals surface area contributed by atoms with E-state index in [1.165, 1.54) is 6.07 Å². The number of hydrogen-bond donors (Lipinski definition) is 2. The molecule has 2 N–H and O–H groups in total. The van der Waals surface area contributed by atoms with E-state index in [0.717, 1.165) is 6.42 Å². The predicted molar refractivity (Wildman–Crippen MR) is 78.5 cm³/mol. The number of carbonyl (C=O) groups excluding carboxylic acids is 1. The fourth-order valence-corrected chi connectivity index (χ4v) is 1.97. The first-order valence-corrected chi connectivity index (χ1v) is 7.08. The Hall–Kier alpha value is -1.62. The Bertz CT molecular complexity index is 438. The third kappa shape index (κ3) is 4.20. The summed E-state index contributed by atoms with van der Waals surface area (Å²) in [6.07, 6.45) is 1.37. The SMILES string of the molecule is CCCNc1c(F)cccc1C(=O)N(CC)CCCO. The van der Waals surface area contributed by atoms with Gasteiger partial charge in [-0.3, -0.25) is 4.79 Å². The van der Waals surface area contributed by atoms with Crippen molar-refractivity contribution in [3.05, 3.63) is 29.6 Å². The van der Waals surface area contributed by atoms with Gasteiger partial charge in [0.05, 0.1) is 11.3 Å². The number of anilines is 1. The van der Waals surface area contributed by atoms with Crippen molar-refractivity contribution in [2.24, 2.45) is 0 Å². The number of aliphatic hydroxyl groups excluding tert-OH is 1. The lowest BCUT2D eigenvalue weighted by Crippen LogP contribution is -2.33. The lowest BCUT2D eigenvalue weighted by molar-refractivity contribution is 0.0755. The van der Waals surface area contributed by atoms with Crippen molar-refractivity contribution < 1.29 is 14.3 Å². The highest BCUT2D eigenvalue weighted by atomic mass is 19.1. The summed E-state index contributed by atoms with van der Waals surface area (Å²) >= 11 is 0. The molecule has 1 aromatic carbocycles. The molecule has 0 aliphatic carbocycles. The second kappa shape index (κ2) is 8.53. The largest absolute Gasteiger partial charge is 0.396 e. The summed E-state index contributed by atoms with van der Waals surface area (Å²) < 4.78 is 13.9. The summed E-state index contributed by atoms with van der Waals surface area (Å²) in [7, 11) is 0. The minimum atomic E-state index is -0.414. The van der Waals surface area contributed by atoms with Gasteiger partial charge in [0.1, 0.15) is 5.82 Å². The molecule has 0 aliphatic heterocycles. The summed E-state index contributed by atoms with van der Waals surface area (Å²) in [6, 6.07) is 4.52. The van der Waals surface area contributed by atoms with Crippen LogP contribution in [0, 0.1) is 5.82 Å². The maximum absolute atomic E-state index is 13.9. The molecule has 1 amide bonds. The first-order chi connectivity index (χ1) is 9.65. The van der Waals surface area contributed by atoms with E-state index in [-0.39, 0.29) is 18.2 Å². The van der Waals surface area contributed by atoms with Crippen molar-refractivity contribution in [3.8, 4) is 0 Å². The van der Waals surface area contributed by atoms with Crippen molar-refractivity contribution in [2.75, 3.05) is 31.6 Å². The molecule has 1 rings (SSSR count). The number of carbonyl (C=O) groups is 1. The number of aliphatic hydroxyl groups is 1. The molecule has 0 aromatic heterocycles. The molecule has 0 atom stereocenters. The molecular weight excluding hydrogens is 259 g/mol. The van der Waals surface area contributed by atoms with Crippen LogP contribution < -0.4 is 5.32 Å². The summed E-state index contributed by atoms with van der Waals surface area (Å²) in [4.78, 5) is 14.1. The highest BCUT2D eigenvalue weighted by Gasteiger charge is 2.19. The monoisotopic (exact) mass is 282 g/mol. The van der Waals surface area contributed by atoms with Crippen LogP contribution >= 0.6 is 0 Å². The maximum Gasteiger partial charge on any atom is 0.256 e. The zero-order valence-electron chi connectivity index (χ0n) is 12.2. The molecule has 112 valence electrons. The van der Waals surface area contributed by atoms with Crippen LogP contribution in [0.2, 0.25) is 0 Å². The Morgan fingerprint density at radius 2 is 2.15 bits per heavy atom. The first-order valence-electron chi connectivity index (χ1n) is 7.08. The van der Waals surface area contributed by atoms with E-state index in [1.807, 2.05) is 13.8 Å². The number of halogens is 1. The third-order valence-corrected chi connectivity index (χ3v) is 3.05. The third-order valence-electron chi connectivity index (χ3n) is 3.05. The Labute approximate surface area is 119 Å². The van der Waals surface area contributed by atoms with E-state index in [9.17, 15) is 9.18 Å². The highest BCUT2D eigenvalue weighted by molar-refractivity contribution is 5.99. The average Bonchev–Trinajstić information content (AvgIpc) is 2.46. The van der Waals surface area contributed by atoms with Crippen LogP contribution in [-0.2, 0) is 0 Å². The number of amides is 1. The number of rotatable bonds is 8.